The second kappa shape index (κ2) is 62.6. The molecule has 0 saturated heterocycles. The molecule has 0 heterocycles. The van der Waals surface area contributed by atoms with E-state index in [2.05, 4.69) is 130 Å². The number of hydrogen-bond donors (Lipinski definition) is 0. The average molecular weight is 1040 g/mol. The van der Waals surface area contributed by atoms with Crippen LogP contribution in [0.15, 0.2) is 109 Å². The van der Waals surface area contributed by atoms with E-state index in [-0.39, 0.29) is 31.1 Å². The molecule has 0 saturated carbocycles. The number of unbranched alkanes of at least 4 members (excludes halogenated alkanes) is 27. The molecule has 6 heteroatoms. The van der Waals surface area contributed by atoms with Crippen LogP contribution in [0.4, 0.5) is 0 Å². The van der Waals surface area contributed by atoms with Crippen LogP contribution in [-0.4, -0.2) is 37.2 Å². The number of carbonyl (C=O) groups excluding carboxylic acids is 3. The summed E-state index contributed by atoms with van der Waals surface area (Å²) < 4.78 is 16.8. The molecule has 0 aliphatic rings. The number of rotatable bonds is 56. The summed E-state index contributed by atoms with van der Waals surface area (Å²) in [6.07, 6.45) is 85.5. The Morgan fingerprint density at radius 2 is 0.520 bits per heavy atom. The lowest BCUT2D eigenvalue weighted by atomic mass is 10.1. The molecule has 0 aromatic rings. The van der Waals surface area contributed by atoms with E-state index in [4.69, 9.17) is 14.2 Å². The highest BCUT2D eigenvalue weighted by molar-refractivity contribution is 5.71. The zero-order valence-electron chi connectivity index (χ0n) is 49.0. The Hall–Kier alpha value is -3.93. The molecule has 0 N–H and O–H groups in total. The summed E-state index contributed by atoms with van der Waals surface area (Å²) in [5, 5.41) is 0. The molecule has 1 atom stereocenters. The van der Waals surface area contributed by atoms with Crippen molar-refractivity contribution >= 4 is 17.9 Å². The van der Waals surface area contributed by atoms with Gasteiger partial charge in [-0.1, -0.05) is 271 Å². The topological polar surface area (TPSA) is 78.9 Å². The zero-order chi connectivity index (χ0) is 54.3. The van der Waals surface area contributed by atoms with Crippen molar-refractivity contribution in [2.75, 3.05) is 13.2 Å². The SMILES string of the molecule is CC/C=C\C/C=C\C/C=C\C/C=C\C/C=C\C/C=C\C/C=C\C/C=C\CCCCCCCCCCCCC(=O)OCC(COC(=O)CCCCCCCCC)OC(=O)CCCCCCC/C=C\CCCCCCCC. The first kappa shape index (κ1) is 71.1. The van der Waals surface area contributed by atoms with Gasteiger partial charge in [0.15, 0.2) is 6.10 Å². The molecule has 0 aromatic heterocycles. The fraction of sp³-hybridized carbons (Fsp3) is 0.696. The first-order valence-electron chi connectivity index (χ1n) is 31.4. The molecule has 0 aliphatic carbocycles. The fourth-order valence-electron chi connectivity index (χ4n) is 8.57. The van der Waals surface area contributed by atoms with Crippen LogP contribution >= 0.6 is 0 Å². The summed E-state index contributed by atoms with van der Waals surface area (Å²) in [7, 11) is 0. The Bertz CT molecular complexity index is 1520. The third kappa shape index (κ3) is 60.8. The molecule has 0 aromatic carbocycles. The predicted octanol–water partition coefficient (Wildman–Crippen LogP) is 21.4. The van der Waals surface area contributed by atoms with Gasteiger partial charge in [0, 0.05) is 19.3 Å². The van der Waals surface area contributed by atoms with E-state index in [0.717, 1.165) is 122 Å². The van der Waals surface area contributed by atoms with Crippen LogP contribution in [-0.2, 0) is 28.6 Å². The van der Waals surface area contributed by atoms with Crippen molar-refractivity contribution in [3.05, 3.63) is 109 Å². The molecule has 0 amide bonds. The van der Waals surface area contributed by atoms with Crippen molar-refractivity contribution in [2.24, 2.45) is 0 Å². The largest absolute Gasteiger partial charge is 0.462 e. The highest BCUT2D eigenvalue weighted by atomic mass is 16.6. The Morgan fingerprint density at radius 3 is 0.827 bits per heavy atom. The van der Waals surface area contributed by atoms with Crippen molar-refractivity contribution in [3.8, 4) is 0 Å². The Kier molecular flexibility index (Phi) is 59.3. The molecule has 0 radical (unpaired) electrons. The maximum Gasteiger partial charge on any atom is 0.306 e. The van der Waals surface area contributed by atoms with Crippen molar-refractivity contribution < 1.29 is 28.6 Å². The number of ether oxygens (including phenoxy) is 3. The van der Waals surface area contributed by atoms with Crippen LogP contribution in [0.25, 0.3) is 0 Å². The molecule has 1 unspecified atom stereocenters. The van der Waals surface area contributed by atoms with E-state index >= 15 is 0 Å². The number of hydrogen-bond acceptors (Lipinski definition) is 6. The van der Waals surface area contributed by atoms with Crippen LogP contribution in [0.5, 0.6) is 0 Å². The number of esters is 3. The van der Waals surface area contributed by atoms with Crippen molar-refractivity contribution in [1.29, 1.82) is 0 Å². The first-order valence-corrected chi connectivity index (χ1v) is 31.4. The van der Waals surface area contributed by atoms with Gasteiger partial charge >= 0.3 is 17.9 Å². The van der Waals surface area contributed by atoms with Crippen LogP contribution in [0.2, 0.25) is 0 Å². The first-order chi connectivity index (χ1) is 37.0. The number of allylic oxidation sites excluding steroid dienone is 18. The molecule has 0 bridgehead atoms. The van der Waals surface area contributed by atoms with E-state index in [1.807, 2.05) is 0 Å². The van der Waals surface area contributed by atoms with Crippen molar-refractivity contribution in [2.45, 2.75) is 297 Å². The second-order valence-electron chi connectivity index (χ2n) is 20.6. The fourth-order valence-corrected chi connectivity index (χ4v) is 8.57. The molecule has 75 heavy (non-hydrogen) atoms. The normalized spacial score (nSPS) is 12.8. The van der Waals surface area contributed by atoms with Crippen molar-refractivity contribution in [1.82, 2.24) is 0 Å². The van der Waals surface area contributed by atoms with E-state index < -0.39 is 6.10 Å². The minimum atomic E-state index is -0.781. The third-order valence-electron chi connectivity index (χ3n) is 13.3. The summed E-state index contributed by atoms with van der Waals surface area (Å²) in [5.41, 5.74) is 0. The van der Waals surface area contributed by atoms with Crippen LogP contribution in [0.1, 0.15) is 290 Å². The Labute approximate surface area is 463 Å². The van der Waals surface area contributed by atoms with Gasteiger partial charge in [-0.2, -0.15) is 0 Å². The summed E-state index contributed by atoms with van der Waals surface area (Å²) in [4.78, 5) is 38.0. The highest BCUT2D eigenvalue weighted by Gasteiger charge is 2.19. The molecule has 0 fully saturated rings. The molecule has 0 spiro atoms. The molecule has 6 nitrogen and oxygen atoms in total. The second-order valence-corrected chi connectivity index (χ2v) is 20.6. The minimum Gasteiger partial charge on any atom is -0.462 e. The molecule has 0 rings (SSSR count). The van der Waals surface area contributed by atoms with E-state index in [1.165, 1.54) is 128 Å². The maximum atomic E-state index is 12.8. The van der Waals surface area contributed by atoms with Gasteiger partial charge in [-0.3, -0.25) is 14.4 Å². The average Bonchev–Trinajstić information content (AvgIpc) is 3.41. The van der Waals surface area contributed by atoms with Gasteiger partial charge < -0.3 is 14.2 Å². The van der Waals surface area contributed by atoms with Crippen LogP contribution in [0.3, 0.4) is 0 Å². The molecule has 428 valence electrons. The third-order valence-corrected chi connectivity index (χ3v) is 13.3. The van der Waals surface area contributed by atoms with Gasteiger partial charge in [-0.15, -0.1) is 0 Å². The summed E-state index contributed by atoms with van der Waals surface area (Å²) in [6.45, 7) is 6.48. The van der Waals surface area contributed by atoms with Gasteiger partial charge in [0.2, 0.25) is 0 Å². The highest BCUT2D eigenvalue weighted by Crippen LogP contribution is 2.15. The standard InChI is InChI=1S/C69H116O6/c1-4-7-10-13-16-18-20-22-24-25-26-27-28-29-30-31-32-33-34-35-36-37-38-39-40-41-42-43-45-46-48-50-53-56-59-62-68(71)74-65-66(64-73-67(70)61-58-55-52-15-12-9-6-3)75-69(72)63-60-57-54-51-49-47-44-23-21-19-17-14-11-8-5-2/h7,10,16,18,22-24,26-27,29-30,32-33,35-36,38-39,44,66H,4-6,8-9,11-15,17,19-21,25,28,31,34,37,40-43,45-65H2,1-3H3/b10-7-,18-16-,24-22-,27-26-,30-29-,33-32-,36-35-,39-38-,44-23-. The summed E-state index contributed by atoms with van der Waals surface area (Å²) >= 11 is 0. The van der Waals surface area contributed by atoms with Gasteiger partial charge in [0.05, 0.1) is 0 Å². The van der Waals surface area contributed by atoms with E-state index in [0.29, 0.717) is 19.3 Å². The zero-order valence-corrected chi connectivity index (χ0v) is 49.0. The monoisotopic (exact) mass is 1040 g/mol. The van der Waals surface area contributed by atoms with Gasteiger partial charge in [0.25, 0.3) is 0 Å². The quantitative estimate of drug-likeness (QED) is 0.0261. The lowest BCUT2D eigenvalue weighted by Crippen LogP contribution is -2.30. The van der Waals surface area contributed by atoms with Gasteiger partial charge in [0.1, 0.15) is 13.2 Å². The van der Waals surface area contributed by atoms with Crippen LogP contribution in [0, 0.1) is 0 Å². The molecule has 0 aliphatic heterocycles. The summed E-state index contributed by atoms with van der Waals surface area (Å²) in [6, 6.07) is 0. The van der Waals surface area contributed by atoms with E-state index in [1.54, 1.807) is 0 Å². The minimum absolute atomic E-state index is 0.0805. The van der Waals surface area contributed by atoms with Crippen molar-refractivity contribution in [3.63, 3.8) is 0 Å². The Balaban J connectivity index is 4.09. The van der Waals surface area contributed by atoms with Gasteiger partial charge in [-0.05, 0) is 109 Å². The lowest BCUT2D eigenvalue weighted by molar-refractivity contribution is -0.167. The van der Waals surface area contributed by atoms with Gasteiger partial charge in [-0.25, -0.2) is 0 Å². The maximum absolute atomic E-state index is 12.8. The number of carbonyl (C=O) groups is 3. The summed E-state index contributed by atoms with van der Waals surface area (Å²) in [5.74, 6) is -0.896. The van der Waals surface area contributed by atoms with E-state index in [9.17, 15) is 14.4 Å². The smallest absolute Gasteiger partial charge is 0.306 e. The molecular weight excluding hydrogens is 925 g/mol. The van der Waals surface area contributed by atoms with Crippen LogP contribution < -0.4 is 0 Å². The lowest BCUT2D eigenvalue weighted by Gasteiger charge is -2.18. The predicted molar refractivity (Wildman–Crippen MR) is 325 cm³/mol. The Morgan fingerprint density at radius 1 is 0.280 bits per heavy atom. The molecular formula is C69H116O6.